The van der Waals surface area contributed by atoms with Gasteiger partial charge in [-0.2, -0.15) is 0 Å². The highest BCUT2D eigenvalue weighted by atomic mass is 35.5. The van der Waals surface area contributed by atoms with Crippen molar-refractivity contribution >= 4 is 29.0 Å². The molecule has 0 aliphatic carbocycles. The fourth-order valence-corrected chi connectivity index (χ4v) is 2.10. The van der Waals surface area contributed by atoms with Crippen LogP contribution in [0.4, 0.5) is 5.69 Å². The number of benzene rings is 1. The predicted octanol–water partition coefficient (Wildman–Crippen LogP) is 4.41. The molecule has 0 heterocycles. The number of alkyl halides is 1. The van der Waals surface area contributed by atoms with Crippen molar-refractivity contribution in [1.82, 2.24) is 0 Å². The summed E-state index contributed by atoms with van der Waals surface area (Å²) in [7, 11) is 0. The molecule has 0 fully saturated rings. The van der Waals surface area contributed by atoms with Crippen LogP contribution in [0.25, 0.3) is 0 Å². The van der Waals surface area contributed by atoms with Crippen LogP contribution in [0, 0.1) is 0 Å². The third-order valence-corrected chi connectivity index (χ3v) is 3.75. The van der Waals surface area contributed by atoms with Gasteiger partial charge in [-0.25, -0.2) is 0 Å². The molecule has 0 aliphatic heterocycles. The molecule has 0 bridgehead atoms. The van der Waals surface area contributed by atoms with Gasteiger partial charge < -0.3 is 10.1 Å². The average Bonchev–Trinajstić information content (AvgIpc) is 2.53. The number of carbonyl (C=O) groups is 2. The SMILES string of the molecule is CCCCC(=O)Nc1ccc(C(=O)C(Cl)CC)cc1OCC. The zero-order valence-corrected chi connectivity index (χ0v) is 14.2. The highest BCUT2D eigenvalue weighted by molar-refractivity contribution is 6.33. The summed E-state index contributed by atoms with van der Waals surface area (Å²) < 4.78 is 5.54. The monoisotopic (exact) mass is 325 g/mol. The van der Waals surface area contributed by atoms with Crippen molar-refractivity contribution in [3.05, 3.63) is 23.8 Å². The molecular formula is C17H24ClNO3. The van der Waals surface area contributed by atoms with Crippen molar-refractivity contribution in [2.24, 2.45) is 0 Å². The number of unbranched alkanes of at least 4 members (excludes halogenated alkanes) is 1. The first-order valence-electron chi connectivity index (χ1n) is 7.78. The van der Waals surface area contributed by atoms with Crippen molar-refractivity contribution in [2.45, 2.75) is 51.8 Å². The van der Waals surface area contributed by atoms with E-state index in [1.165, 1.54) is 0 Å². The molecule has 1 aromatic rings. The Labute approximate surface area is 137 Å². The smallest absolute Gasteiger partial charge is 0.224 e. The Bertz CT molecular complexity index is 517. The summed E-state index contributed by atoms with van der Waals surface area (Å²) in [6, 6.07) is 5.01. The molecule has 0 radical (unpaired) electrons. The minimum atomic E-state index is -0.542. The molecule has 1 N–H and O–H groups in total. The Morgan fingerprint density at radius 3 is 2.59 bits per heavy atom. The lowest BCUT2D eigenvalue weighted by atomic mass is 10.1. The summed E-state index contributed by atoms with van der Waals surface area (Å²) >= 11 is 6.00. The number of ketones is 1. The van der Waals surface area contributed by atoms with Crippen molar-refractivity contribution in [2.75, 3.05) is 11.9 Å². The number of carbonyl (C=O) groups excluding carboxylic acids is 2. The number of anilines is 1. The second-order valence-corrected chi connectivity index (χ2v) is 5.56. The number of halogens is 1. The Kier molecular flexibility index (Phi) is 7.96. The molecule has 122 valence electrons. The van der Waals surface area contributed by atoms with Crippen LogP contribution in [-0.4, -0.2) is 23.7 Å². The predicted molar refractivity (Wildman–Crippen MR) is 90.0 cm³/mol. The van der Waals surface area contributed by atoms with E-state index in [0.717, 1.165) is 12.8 Å². The number of rotatable bonds is 9. The van der Waals surface area contributed by atoms with Crippen LogP contribution in [0.15, 0.2) is 18.2 Å². The van der Waals surface area contributed by atoms with E-state index in [0.29, 0.717) is 36.4 Å². The molecule has 1 atom stereocenters. The summed E-state index contributed by atoms with van der Waals surface area (Å²) in [5.41, 5.74) is 1.08. The van der Waals surface area contributed by atoms with E-state index in [4.69, 9.17) is 16.3 Å². The van der Waals surface area contributed by atoms with E-state index >= 15 is 0 Å². The van der Waals surface area contributed by atoms with Gasteiger partial charge in [0.2, 0.25) is 5.91 Å². The Hall–Kier alpha value is -1.55. The summed E-state index contributed by atoms with van der Waals surface area (Å²) in [6.07, 6.45) is 2.85. The molecule has 4 nitrogen and oxygen atoms in total. The maximum Gasteiger partial charge on any atom is 0.224 e. The maximum atomic E-state index is 12.1. The highest BCUT2D eigenvalue weighted by Gasteiger charge is 2.18. The van der Waals surface area contributed by atoms with E-state index < -0.39 is 5.38 Å². The molecule has 22 heavy (non-hydrogen) atoms. The minimum Gasteiger partial charge on any atom is -0.492 e. The molecule has 1 unspecified atom stereocenters. The molecule has 0 aromatic heterocycles. The minimum absolute atomic E-state index is 0.0503. The zero-order valence-electron chi connectivity index (χ0n) is 13.4. The van der Waals surface area contributed by atoms with Crippen LogP contribution >= 0.6 is 11.6 Å². The van der Waals surface area contributed by atoms with Gasteiger partial charge in [-0.1, -0.05) is 20.3 Å². The maximum absolute atomic E-state index is 12.1. The molecule has 1 rings (SSSR count). The van der Waals surface area contributed by atoms with Gasteiger partial charge in [0.05, 0.1) is 17.7 Å². The summed E-state index contributed by atoms with van der Waals surface area (Å²) in [6.45, 7) is 6.21. The fourth-order valence-electron chi connectivity index (χ4n) is 1.97. The molecule has 0 aliphatic rings. The van der Waals surface area contributed by atoms with Gasteiger partial charge in [0, 0.05) is 12.0 Å². The van der Waals surface area contributed by atoms with Gasteiger partial charge in [0.15, 0.2) is 5.78 Å². The van der Waals surface area contributed by atoms with Crippen LogP contribution in [0.5, 0.6) is 5.75 Å². The van der Waals surface area contributed by atoms with Gasteiger partial charge in [0.25, 0.3) is 0 Å². The zero-order chi connectivity index (χ0) is 16.5. The van der Waals surface area contributed by atoms with Crippen molar-refractivity contribution in [3.63, 3.8) is 0 Å². The largest absolute Gasteiger partial charge is 0.492 e. The lowest BCUT2D eigenvalue weighted by Crippen LogP contribution is -2.15. The van der Waals surface area contributed by atoms with Gasteiger partial charge in [-0.3, -0.25) is 9.59 Å². The number of hydrogen-bond donors (Lipinski definition) is 1. The van der Waals surface area contributed by atoms with Crippen LogP contribution in [0.3, 0.4) is 0 Å². The van der Waals surface area contributed by atoms with Gasteiger partial charge >= 0.3 is 0 Å². The van der Waals surface area contributed by atoms with Crippen molar-refractivity contribution < 1.29 is 14.3 Å². The normalized spacial score (nSPS) is 11.8. The fraction of sp³-hybridized carbons (Fsp3) is 0.529. The standard InChI is InChI=1S/C17H24ClNO3/c1-4-7-8-16(20)19-14-10-9-12(11-15(14)22-6-3)17(21)13(18)5-2/h9-11,13H,4-8H2,1-3H3,(H,19,20). The van der Waals surface area contributed by atoms with Crippen LogP contribution < -0.4 is 10.1 Å². The molecule has 5 heteroatoms. The first-order valence-corrected chi connectivity index (χ1v) is 8.22. The van der Waals surface area contributed by atoms with Gasteiger partial charge in [0.1, 0.15) is 5.75 Å². The topological polar surface area (TPSA) is 55.4 Å². The molecule has 0 saturated carbocycles. The Morgan fingerprint density at radius 1 is 1.27 bits per heavy atom. The van der Waals surface area contributed by atoms with Crippen molar-refractivity contribution in [1.29, 1.82) is 0 Å². The van der Waals surface area contributed by atoms with E-state index in [1.807, 2.05) is 20.8 Å². The summed E-state index contributed by atoms with van der Waals surface area (Å²) in [5.74, 6) is 0.317. The number of hydrogen-bond acceptors (Lipinski definition) is 3. The molecule has 0 spiro atoms. The summed E-state index contributed by atoms with van der Waals surface area (Å²) in [4.78, 5) is 24.0. The van der Waals surface area contributed by atoms with E-state index in [9.17, 15) is 9.59 Å². The second kappa shape index (κ2) is 9.46. The van der Waals surface area contributed by atoms with E-state index in [-0.39, 0.29) is 11.7 Å². The number of ether oxygens (including phenoxy) is 1. The third kappa shape index (κ3) is 5.34. The number of Topliss-reactive ketones (excluding diaryl/α,β-unsaturated/α-hetero) is 1. The molecule has 1 amide bonds. The lowest BCUT2D eigenvalue weighted by molar-refractivity contribution is -0.116. The van der Waals surface area contributed by atoms with E-state index in [1.54, 1.807) is 18.2 Å². The third-order valence-electron chi connectivity index (χ3n) is 3.24. The highest BCUT2D eigenvalue weighted by Crippen LogP contribution is 2.27. The molecule has 0 saturated heterocycles. The first kappa shape index (κ1) is 18.5. The first-order chi connectivity index (χ1) is 10.5. The Balaban J connectivity index is 2.94. The van der Waals surface area contributed by atoms with Gasteiger partial charge in [-0.05, 0) is 38.0 Å². The average molecular weight is 326 g/mol. The summed E-state index contributed by atoms with van der Waals surface area (Å²) in [5, 5.41) is 2.29. The number of amides is 1. The van der Waals surface area contributed by atoms with Crippen LogP contribution in [0.2, 0.25) is 0 Å². The molecule has 1 aromatic carbocycles. The molecular weight excluding hydrogens is 302 g/mol. The van der Waals surface area contributed by atoms with E-state index in [2.05, 4.69) is 5.32 Å². The lowest BCUT2D eigenvalue weighted by Gasteiger charge is -2.14. The van der Waals surface area contributed by atoms with Gasteiger partial charge in [-0.15, -0.1) is 11.6 Å². The van der Waals surface area contributed by atoms with Crippen LogP contribution in [0.1, 0.15) is 56.8 Å². The number of nitrogens with one attached hydrogen (secondary N) is 1. The Morgan fingerprint density at radius 2 is 2.00 bits per heavy atom. The quantitative estimate of drug-likeness (QED) is 0.540. The van der Waals surface area contributed by atoms with Crippen LogP contribution in [-0.2, 0) is 4.79 Å². The second-order valence-electron chi connectivity index (χ2n) is 5.04. The van der Waals surface area contributed by atoms with Crippen molar-refractivity contribution in [3.8, 4) is 5.75 Å².